The van der Waals surface area contributed by atoms with Gasteiger partial charge in [0.15, 0.2) is 0 Å². The molecular weight excluding hydrogens is 362 g/mol. The lowest BCUT2D eigenvalue weighted by Gasteiger charge is -2.05. The highest BCUT2D eigenvalue weighted by Gasteiger charge is 2.15. The second-order valence-electron chi connectivity index (χ2n) is 5.54. The van der Waals surface area contributed by atoms with Crippen LogP contribution in [-0.2, 0) is 22.3 Å². The average Bonchev–Trinajstić information content (AvgIpc) is 3.02. The molecule has 0 saturated carbocycles. The van der Waals surface area contributed by atoms with Crippen molar-refractivity contribution in [1.82, 2.24) is 14.9 Å². The van der Waals surface area contributed by atoms with E-state index in [1.54, 1.807) is 24.3 Å². The summed E-state index contributed by atoms with van der Waals surface area (Å²) < 4.78 is 31.9. The SMILES string of the molecule is Cc1ccccc1-c1noc(CNS(=O)(=O)Cc2cccc(Cl)c2)n1. The van der Waals surface area contributed by atoms with Crippen LogP contribution in [0.25, 0.3) is 11.4 Å². The van der Waals surface area contributed by atoms with Crippen molar-refractivity contribution >= 4 is 21.6 Å². The van der Waals surface area contributed by atoms with E-state index in [-0.39, 0.29) is 18.2 Å². The summed E-state index contributed by atoms with van der Waals surface area (Å²) >= 11 is 5.87. The van der Waals surface area contributed by atoms with Gasteiger partial charge in [-0.25, -0.2) is 13.1 Å². The van der Waals surface area contributed by atoms with Gasteiger partial charge in [-0.15, -0.1) is 0 Å². The van der Waals surface area contributed by atoms with Crippen molar-refractivity contribution in [2.24, 2.45) is 0 Å². The highest BCUT2D eigenvalue weighted by molar-refractivity contribution is 7.88. The first kappa shape index (κ1) is 17.6. The number of nitrogens with zero attached hydrogens (tertiary/aromatic N) is 2. The first-order valence-electron chi connectivity index (χ1n) is 7.53. The third-order valence-corrected chi connectivity index (χ3v) is 5.08. The molecule has 1 aromatic heterocycles. The van der Waals surface area contributed by atoms with Crippen molar-refractivity contribution in [3.05, 3.63) is 70.6 Å². The summed E-state index contributed by atoms with van der Waals surface area (Å²) in [5.74, 6) is 0.460. The van der Waals surface area contributed by atoms with E-state index in [2.05, 4.69) is 14.9 Å². The van der Waals surface area contributed by atoms with Crippen molar-refractivity contribution in [2.45, 2.75) is 19.2 Å². The third-order valence-electron chi connectivity index (χ3n) is 3.54. The van der Waals surface area contributed by atoms with Crippen LogP contribution >= 0.6 is 11.6 Å². The van der Waals surface area contributed by atoms with Gasteiger partial charge in [0.2, 0.25) is 21.7 Å². The number of hydrogen-bond donors (Lipinski definition) is 1. The van der Waals surface area contributed by atoms with Gasteiger partial charge >= 0.3 is 0 Å². The number of nitrogens with one attached hydrogen (secondary N) is 1. The summed E-state index contributed by atoms with van der Waals surface area (Å²) in [7, 11) is -3.55. The Morgan fingerprint density at radius 2 is 1.96 bits per heavy atom. The van der Waals surface area contributed by atoms with Gasteiger partial charge in [-0.3, -0.25) is 0 Å². The van der Waals surface area contributed by atoms with Crippen LogP contribution in [0.2, 0.25) is 5.02 Å². The van der Waals surface area contributed by atoms with Gasteiger partial charge in [-0.05, 0) is 30.2 Å². The highest BCUT2D eigenvalue weighted by atomic mass is 35.5. The first-order valence-corrected chi connectivity index (χ1v) is 9.56. The number of rotatable bonds is 6. The Morgan fingerprint density at radius 1 is 1.16 bits per heavy atom. The van der Waals surface area contributed by atoms with Gasteiger partial charge in [0.05, 0.1) is 12.3 Å². The quantitative estimate of drug-likeness (QED) is 0.712. The maximum atomic E-state index is 12.2. The third kappa shape index (κ3) is 4.66. The van der Waals surface area contributed by atoms with Gasteiger partial charge in [0.25, 0.3) is 0 Å². The Bertz CT molecular complexity index is 986. The lowest BCUT2D eigenvalue weighted by Crippen LogP contribution is -2.24. The maximum absolute atomic E-state index is 12.2. The molecule has 0 aliphatic carbocycles. The molecule has 0 aliphatic heterocycles. The van der Waals surface area contributed by atoms with E-state index in [1.165, 1.54) is 0 Å². The van der Waals surface area contributed by atoms with Crippen molar-refractivity contribution in [3.8, 4) is 11.4 Å². The summed E-state index contributed by atoms with van der Waals surface area (Å²) in [5.41, 5.74) is 2.46. The second kappa shape index (κ2) is 7.35. The van der Waals surface area contributed by atoms with E-state index in [9.17, 15) is 8.42 Å². The van der Waals surface area contributed by atoms with E-state index in [4.69, 9.17) is 16.1 Å². The minimum absolute atomic E-state index is 0.0677. The van der Waals surface area contributed by atoms with E-state index in [1.807, 2.05) is 31.2 Å². The smallest absolute Gasteiger partial charge is 0.242 e. The first-order chi connectivity index (χ1) is 11.9. The highest BCUT2D eigenvalue weighted by Crippen LogP contribution is 2.20. The van der Waals surface area contributed by atoms with E-state index in [0.717, 1.165) is 11.1 Å². The van der Waals surface area contributed by atoms with E-state index in [0.29, 0.717) is 16.4 Å². The van der Waals surface area contributed by atoms with Crippen LogP contribution in [-0.4, -0.2) is 18.6 Å². The molecule has 1 N–H and O–H groups in total. The van der Waals surface area contributed by atoms with Crippen LogP contribution in [0.3, 0.4) is 0 Å². The maximum Gasteiger partial charge on any atom is 0.242 e. The summed E-state index contributed by atoms with van der Waals surface area (Å²) in [5, 5.41) is 4.40. The Kier molecular flexibility index (Phi) is 5.17. The molecule has 6 nitrogen and oxygen atoms in total. The number of aryl methyl sites for hydroxylation is 1. The second-order valence-corrected chi connectivity index (χ2v) is 7.78. The Labute approximate surface area is 150 Å². The summed E-state index contributed by atoms with van der Waals surface area (Å²) in [6.07, 6.45) is 0. The molecule has 0 aliphatic rings. The average molecular weight is 378 g/mol. The number of hydrogen-bond acceptors (Lipinski definition) is 5. The molecule has 0 radical (unpaired) electrons. The fraction of sp³-hybridized carbons (Fsp3) is 0.176. The van der Waals surface area contributed by atoms with Crippen LogP contribution in [0.4, 0.5) is 0 Å². The minimum Gasteiger partial charge on any atom is -0.338 e. The van der Waals surface area contributed by atoms with Crippen molar-refractivity contribution in [3.63, 3.8) is 0 Å². The number of aromatic nitrogens is 2. The largest absolute Gasteiger partial charge is 0.338 e. The zero-order valence-electron chi connectivity index (χ0n) is 13.4. The molecule has 0 amide bonds. The minimum atomic E-state index is -3.55. The molecule has 0 unspecified atom stereocenters. The van der Waals surface area contributed by atoms with Crippen molar-refractivity contribution < 1.29 is 12.9 Å². The topological polar surface area (TPSA) is 85.1 Å². The van der Waals surface area contributed by atoms with Gasteiger partial charge in [-0.1, -0.05) is 53.2 Å². The van der Waals surface area contributed by atoms with Crippen LogP contribution < -0.4 is 4.72 Å². The van der Waals surface area contributed by atoms with Crippen LogP contribution in [0.1, 0.15) is 17.0 Å². The molecule has 3 rings (SSSR count). The monoisotopic (exact) mass is 377 g/mol. The summed E-state index contributed by atoms with van der Waals surface area (Å²) in [6, 6.07) is 14.3. The lowest BCUT2D eigenvalue weighted by atomic mass is 10.1. The Morgan fingerprint density at radius 3 is 2.72 bits per heavy atom. The molecule has 2 aromatic carbocycles. The number of halogens is 1. The molecule has 0 fully saturated rings. The fourth-order valence-corrected chi connectivity index (χ4v) is 3.61. The normalized spacial score (nSPS) is 11.6. The molecule has 8 heteroatoms. The van der Waals surface area contributed by atoms with Gasteiger partial charge < -0.3 is 4.52 Å². The van der Waals surface area contributed by atoms with Crippen molar-refractivity contribution in [2.75, 3.05) is 0 Å². The molecule has 130 valence electrons. The predicted octanol–water partition coefficient (Wildman–Crippen LogP) is 3.32. The lowest BCUT2D eigenvalue weighted by molar-refractivity contribution is 0.376. The van der Waals surface area contributed by atoms with Gasteiger partial charge in [-0.2, -0.15) is 4.98 Å². The zero-order valence-corrected chi connectivity index (χ0v) is 15.0. The number of sulfonamides is 1. The molecule has 0 atom stereocenters. The standard InChI is InChI=1S/C17H16ClN3O3S/c1-12-5-2-3-8-15(12)17-20-16(24-21-17)10-19-25(22,23)11-13-6-4-7-14(18)9-13/h2-9,19H,10-11H2,1H3. The molecular formula is C17H16ClN3O3S. The molecule has 3 aromatic rings. The molecule has 0 bridgehead atoms. The fourth-order valence-electron chi connectivity index (χ4n) is 2.33. The molecule has 0 saturated heterocycles. The Balaban J connectivity index is 1.66. The zero-order chi connectivity index (χ0) is 17.9. The van der Waals surface area contributed by atoms with Gasteiger partial charge in [0.1, 0.15) is 0 Å². The van der Waals surface area contributed by atoms with Crippen LogP contribution in [0, 0.1) is 6.92 Å². The predicted molar refractivity (Wildman–Crippen MR) is 95.4 cm³/mol. The number of benzene rings is 2. The molecule has 1 heterocycles. The van der Waals surface area contributed by atoms with Crippen LogP contribution in [0.5, 0.6) is 0 Å². The molecule has 0 spiro atoms. The Hall–Kier alpha value is -2.22. The summed E-state index contributed by atoms with van der Waals surface area (Å²) in [4.78, 5) is 4.24. The summed E-state index contributed by atoms with van der Waals surface area (Å²) in [6.45, 7) is 1.88. The van der Waals surface area contributed by atoms with E-state index >= 15 is 0 Å². The van der Waals surface area contributed by atoms with Crippen LogP contribution in [0.15, 0.2) is 53.1 Å². The van der Waals surface area contributed by atoms with Gasteiger partial charge in [0, 0.05) is 10.6 Å². The van der Waals surface area contributed by atoms with Crippen molar-refractivity contribution in [1.29, 1.82) is 0 Å². The molecule has 25 heavy (non-hydrogen) atoms. The van der Waals surface area contributed by atoms with E-state index < -0.39 is 10.0 Å².